The molecule has 2 atom stereocenters. The Morgan fingerprint density at radius 2 is 1.42 bits per heavy atom. The third kappa shape index (κ3) is 5.67. The molecule has 2 amide bonds. The Hall–Kier alpha value is 0.340. The summed E-state index contributed by atoms with van der Waals surface area (Å²) in [4.78, 5) is 24.9. The van der Waals surface area contributed by atoms with Crippen LogP contribution in [0.1, 0.15) is 40.0 Å². The highest BCUT2D eigenvalue weighted by molar-refractivity contribution is 8.21. The number of rotatable bonds is 5. The third-order valence-electron chi connectivity index (χ3n) is 5.15. The van der Waals surface area contributed by atoms with Gasteiger partial charge in [0.05, 0.1) is 0 Å². The topological polar surface area (TPSA) is 58.2 Å². The summed E-state index contributed by atoms with van der Waals surface area (Å²) in [6, 6.07) is 0.199. The van der Waals surface area contributed by atoms with Gasteiger partial charge >= 0.3 is 0 Å². The van der Waals surface area contributed by atoms with E-state index >= 15 is 0 Å². The molecular weight excluding hydrogens is 404 g/mol. The lowest BCUT2D eigenvalue weighted by Gasteiger charge is -2.47. The molecule has 8 heteroatoms. The van der Waals surface area contributed by atoms with Crippen LogP contribution in [0.2, 0.25) is 0 Å². The number of hydrogen-bond acceptors (Lipinski definition) is 6. The zero-order valence-electron chi connectivity index (χ0n) is 15.8. The van der Waals surface area contributed by atoms with Crippen LogP contribution < -0.4 is 10.6 Å². The molecule has 0 aromatic heterocycles. The van der Waals surface area contributed by atoms with Crippen molar-refractivity contribution < 1.29 is 9.59 Å². The van der Waals surface area contributed by atoms with Crippen LogP contribution in [-0.4, -0.2) is 56.6 Å². The lowest BCUT2D eigenvalue weighted by atomic mass is 9.62. The van der Waals surface area contributed by atoms with Gasteiger partial charge in [0, 0.05) is 35.6 Å². The van der Waals surface area contributed by atoms with Crippen LogP contribution in [-0.2, 0) is 9.59 Å². The highest BCUT2D eigenvalue weighted by atomic mass is 32.2. The number of thioether (sulfide) groups is 4. The number of carbonyl (C=O) groups is 2. The van der Waals surface area contributed by atoms with E-state index < -0.39 is 0 Å². The minimum atomic E-state index is 0.0270. The molecule has 0 aromatic carbocycles. The maximum atomic E-state index is 12.5. The quantitative estimate of drug-likeness (QED) is 0.691. The van der Waals surface area contributed by atoms with Crippen LogP contribution in [0.4, 0.5) is 0 Å². The number of carbonyl (C=O) groups excluding carboxylic acids is 2. The van der Waals surface area contributed by atoms with Gasteiger partial charge in [-0.3, -0.25) is 9.59 Å². The van der Waals surface area contributed by atoms with Crippen molar-refractivity contribution in [1.82, 2.24) is 10.6 Å². The van der Waals surface area contributed by atoms with Gasteiger partial charge in [0.15, 0.2) is 0 Å². The molecule has 3 fully saturated rings. The van der Waals surface area contributed by atoms with E-state index in [2.05, 4.69) is 31.4 Å². The van der Waals surface area contributed by atoms with Crippen LogP contribution in [0.15, 0.2) is 0 Å². The van der Waals surface area contributed by atoms with Crippen LogP contribution in [0.25, 0.3) is 0 Å². The Morgan fingerprint density at radius 1 is 0.885 bits per heavy atom. The second-order valence-corrected chi connectivity index (χ2v) is 14.1. The highest BCUT2D eigenvalue weighted by Gasteiger charge is 2.42. The first-order chi connectivity index (χ1) is 12.3. The van der Waals surface area contributed by atoms with E-state index in [1.54, 1.807) is 47.0 Å². The lowest BCUT2D eigenvalue weighted by Crippen LogP contribution is -2.51. The van der Waals surface area contributed by atoms with Crippen molar-refractivity contribution >= 4 is 58.9 Å². The Balaban J connectivity index is 1.56. The van der Waals surface area contributed by atoms with Gasteiger partial charge in [0.25, 0.3) is 0 Å². The molecule has 26 heavy (non-hydrogen) atoms. The van der Waals surface area contributed by atoms with E-state index in [0.29, 0.717) is 6.54 Å². The van der Waals surface area contributed by atoms with Crippen LogP contribution >= 0.6 is 47.0 Å². The summed E-state index contributed by atoms with van der Waals surface area (Å²) in [5.74, 6) is 4.63. The fourth-order valence-corrected chi connectivity index (χ4v) is 9.77. The van der Waals surface area contributed by atoms with Crippen molar-refractivity contribution in [3.8, 4) is 0 Å². The van der Waals surface area contributed by atoms with Crippen molar-refractivity contribution in [2.45, 2.75) is 55.2 Å². The van der Waals surface area contributed by atoms with Crippen molar-refractivity contribution in [3.05, 3.63) is 0 Å². The first-order valence-electron chi connectivity index (χ1n) is 9.31. The molecule has 2 heterocycles. The van der Waals surface area contributed by atoms with Gasteiger partial charge < -0.3 is 10.6 Å². The predicted molar refractivity (Wildman–Crippen MR) is 118 cm³/mol. The van der Waals surface area contributed by atoms with Gasteiger partial charge in [-0.2, -0.15) is 0 Å². The van der Waals surface area contributed by atoms with E-state index in [4.69, 9.17) is 0 Å². The monoisotopic (exact) mass is 434 g/mol. The number of nitrogens with one attached hydrogen (secondary N) is 2. The van der Waals surface area contributed by atoms with E-state index in [1.807, 2.05) is 0 Å². The van der Waals surface area contributed by atoms with Gasteiger partial charge in [-0.1, -0.05) is 20.8 Å². The fraction of sp³-hybridized carbons (Fsp3) is 0.889. The van der Waals surface area contributed by atoms with Crippen LogP contribution in [0, 0.1) is 10.8 Å². The summed E-state index contributed by atoms with van der Waals surface area (Å²) in [5.41, 5.74) is 0.196. The van der Waals surface area contributed by atoms with Gasteiger partial charge in [0.1, 0.15) is 9.16 Å². The maximum Gasteiger partial charge on any atom is 0.243 e. The molecule has 1 saturated carbocycles. The molecule has 2 N–H and O–H groups in total. The van der Waals surface area contributed by atoms with Gasteiger partial charge in [-0.05, 0) is 30.1 Å². The Bertz CT molecular complexity index is 533. The molecule has 0 radical (unpaired) electrons. The summed E-state index contributed by atoms with van der Waals surface area (Å²) >= 11 is 7.01. The average Bonchev–Trinajstić information content (AvgIpc) is 3.23. The first kappa shape index (κ1) is 21.1. The number of hydrogen-bond donors (Lipinski definition) is 2. The Morgan fingerprint density at radius 3 is 2.00 bits per heavy atom. The van der Waals surface area contributed by atoms with Crippen molar-refractivity contribution in [2.75, 3.05) is 29.6 Å². The summed E-state index contributed by atoms with van der Waals surface area (Å²) in [6.45, 7) is 7.54. The average molecular weight is 435 g/mol. The lowest BCUT2D eigenvalue weighted by molar-refractivity contribution is -0.122. The third-order valence-corrected chi connectivity index (χ3v) is 11.1. The summed E-state index contributed by atoms with van der Waals surface area (Å²) in [6.07, 6.45) is 3.03. The molecule has 2 unspecified atom stereocenters. The second kappa shape index (κ2) is 8.78. The van der Waals surface area contributed by atoms with Gasteiger partial charge in [-0.25, -0.2) is 0 Å². The van der Waals surface area contributed by atoms with Crippen LogP contribution in [0.5, 0.6) is 0 Å². The predicted octanol–water partition coefficient (Wildman–Crippen LogP) is 3.42. The van der Waals surface area contributed by atoms with Crippen LogP contribution in [0.3, 0.4) is 0 Å². The standard InChI is InChI=1S/C18H30N2O2S4/c1-17(2)8-12(20-14(22)16-25-6-7-26-16)9-18(3,10-17)11-19-13(21)15-23-4-5-24-15/h12,15-16H,4-11H2,1-3H3,(H,19,21)(H,20,22). The Labute approximate surface area is 174 Å². The highest BCUT2D eigenvalue weighted by Crippen LogP contribution is 2.46. The molecule has 3 rings (SSSR count). The minimum Gasteiger partial charge on any atom is -0.354 e. The molecule has 4 nitrogen and oxygen atoms in total. The summed E-state index contributed by atoms with van der Waals surface area (Å²) in [7, 11) is 0. The van der Waals surface area contributed by atoms with Crippen molar-refractivity contribution in [2.24, 2.45) is 10.8 Å². The largest absolute Gasteiger partial charge is 0.354 e. The van der Waals surface area contributed by atoms with E-state index in [9.17, 15) is 9.59 Å². The maximum absolute atomic E-state index is 12.5. The number of amides is 2. The first-order valence-corrected chi connectivity index (χ1v) is 13.5. The smallest absolute Gasteiger partial charge is 0.243 e. The second-order valence-electron chi connectivity index (χ2n) is 8.63. The SMILES string of the molecule is CC1(C)CC(NC(=O)C2SCCS2)CC(C)(CNC(=O)C2SCCS2)C1. The molecule has 0 bridgehead atoms. The molecule has 148 valence electrons. The fourth-order valence-electron chi connectivity index (χ4n) is 4.54. The van der Waals surface area contributed by atoms with Crippen molar-refractivity contribution in [1.29, 1.82) is 0 Å². The molecule has 0 aromatic rings. The summed E-state index contributed by atoms with van der Waals surface area (Å²) in [5, 5.41) is 6.51. The Kier molecular flexibility index (Phi) is 7.11. The van der Waals surface area contributed by atoms with Gasteiger partial charge in [0.2, 0.25) is 11.8 Å². The molecule has 2 saturated heterocycles. The molecular formula is C18H30N2O2S4. The zero-order valence-corrected chi connectivity index (χ0v) is 19.1. The van der Waals surface area contributed by atoms with E-state index in [-0.39, 0.29) is 37.9 Å². The van der Waals surface area contributed by atoms with E-state index in [0.717, 1.165) is 42.3 Å². The van der Waals surface area contributed by atoms with Gasteiger partial charge in [-0.15, -0.1) is 47.0 Å². The minimum absolute atomic E-state index is 0.0270. The molecule has 3 aliphatic rings. The molecule has 0 spiro atoms. The summed E-state index contributed by atoms with van der Waals surface area (Å²) < 4.78 is 0.115. The zero-order chi connectivity index (χ0) is 18.8. The molecule has 1 aliphatic carbocycles. The van der Waals surface area contributed by atoms with E-state index in [1.165, 1.54) is 0 Å². The normalized spacial score (nSPS) is 32.5. The van der Waals surface area contributed by atoms with Crippen molar-refractivity contribution in [3.63, 3.8) is 0 Å². The molecule has 2 aliphatic heterocycles.